The van der Waals surface area contributed by atoms with Crippen molar-refractivity contribution in [3.8, 4) is 0 Å². The van der Waals surface area contributed by atoms with Crippen molar-refractivity contribution < 1.29 is 0 Å². The van der Waals surface area contributed by atoms with Crippen LogP contribution in [0.25, 0.3) is 0 Å². The van der Waals surface area contributed by atoms with E-state index < -0.39 is 0 Å². The molecule has 1 atom stereocenters. The highest BCUT2D eigenvalue weighted by Crippen LogP contribution is 2.29. The third-order valence-corrected chi connectivity index (χ3v) is 2.37. The minimum Gasteiger partial charge on any atom is -0.308 e. The maximum atomic E-state index is 3.40. The van der Waals surface area contributed by atoms with Gasteiger partial charge in [-0.1, -0.05) is 20.8 Å². The molecule has 48 valence electrons. The highest BCUT2D eigenvalue weighted by molar-refractivity contribution is 5.04. The lowest BCUT2D eigenvalue weighted by atomic mass is 9.93. The van der Waals surface area contributed by atoms with Crippen LogP contribution in [0.1, 0.15) is 27.2 Å². The Morgan fingerprint density at radius 2 is 2.12 bits per heavy atom. The van der Waals surface area contributed by atoms with Gasteiger partial charge in [0, 0.05) is 12.1 Å². The van der Waals surface area contributed by atoms with E-state index in [0.29, 0.717) is 5.54 Å². The van der Waals surface area contributed by atoms with E-state index in [-0.39, 0.29) is 0 Å². The Bertz CT molecular complexity index is 82.4. The van der Waals surface area contributed by atoms with Crippen LogP contribution in [0.4, 0.5) is 0 Å². The van der Waals surface area contributed by atoms with Gasteiger partial charge in [0.1, 0.15) is 0 Å². The molecular formula is C7H15N. The van der Waals surface area contributed by atoms with Crippen molar-refractivity contribution in [3.05, 3.63) is 0 Å². The number of rotatable bonds is 2. The van der Waals surface area contributed by atoms with Gasteiger partial charge >= 0.3 is 0 Å². The molecule has 1 heterocycles. The van der Waals surface area contributed by atoms with Gasteiger partial charge in [-0.25, -0.2) is 0 Å². The van der Waals surface area contributed by atoms with Gasteiger partial charge in [0.05, 0.1) is 0 Å². The highest BCUT2D eigenvalue weighted by atomic mass is 15.2. The van der Waals surface area contributed by atoms with Crippen molar-refractivity contribution in [2.75, 3.05) is 6.54 Å². The molecule has 0 aliphatic carbocycles. The summed E-state index contributed by atoms with van der Waals surface area (Å²) in [5.74, 6) is 0.812. The van der Waals surface area contributed by atoms with Crippen LogP contribution in [0.3, 0.4) is 0 Å². The monoisotopic (exact) mass is 113 g/mol. The van der Waals surface area contributed by atoms with Crippen LogP contribution in [0.5, 0.6) is 0 Å². The van der Waals surface area contributed by atoms with Crippen LogP contribution in [-0.4, -0.2) is 12.1 Å². The standard InChI is InChI=1S/C7H15N/c1-4-7(5-8-7)6(2)3/h6,8H,4-5H2,1-3H3. The van der Waals surface area contributed by atoms with Crippen molar-refractivity contribution in [1.82, 2.24) is 5.32 Å². The Balaban J connectivity index is 2.41. The topological polar surface area (TPSA) is 21.9 Å². The lowest BCUT2D eigenvalue weighted by molar-refractivity contribution is 0.441. The molecular weight excluding hydrogens is 98.1 g/mol. The van der Waals surface area contributed by atoms with Crippen molar-refractivity contribution in [2.24, 2.45) is 5.92 Å². The predicted molar refractivity (Wildman–Crippen MR) is 35.9 cm³/mol. The largest absolute Gasteiger partial charge is 0.308 e. The first-order valence-electron chi connectivity index (χ1n) is 3.46. The van der Waals surface area contributed by atoms with E-state index >= 15 is 0 Å². The molecule has 0 saturated carbocycles. The summed E-state index contributed by atoms with van der Waals surface area (Å²) in [5, 5.41) is 3.40. The quantitative estimate of drug-likeness (QED) is 0.537. The van der Waals surface area contributed by atoms with Gasteiger partial charge in [0.25, 0.3) is 0 Å². The van der Waals surface area contributed by atoms with Gasteiger partial charge in [-0.3, -0.25) is 0 Å². The average molecular weight is 113 g/mol. The minimum absolute atomic E-state index is 0.542. The van der Waals surface area contributed by atoms with E-state index in [9.17, 15) is 0 Å². The van der Waals surface area contributed by atoms with Crippen LogP contribution in [0.2, 0.25) is 0 Å². The molecule has 8 heavy (non-hydrogen) atoms. The van der Waals surface area contributed by atoms with Gasteiger partial charge in [0.2, 0.25) is 0 Å². The Kier molecular flexibility index (Phi) is 1.31. The molecule has 1 heteroatoms. The van der Waals surface area contributed by atoms with E-state index in [2.05, 4.69) is 26.1 Å². The lowest BCUT2D eigenvalue weighted by Crippen LogP contribution is -2.21. The molecule has 1 aliphatic heterocycles. The van der Waals surface area contributed by atoms with Crippen LogP contribution in [0, 0.1) is 5.92 Å². The van der Waals surface area contributed by atoms with E-state index in [1.165, 1.54) is 13.0 Å². The number of hydrogen-bond donors (Lipinski definition) is 1. The molecule has 0 aromatic heterocycles. The van der Waals surface area contributed by atoms with E-state index in [1.54, 1.807) is 0 Å². The summed E-state index contributed by atoms with van der Waals surface area (Å²) in [6.07, 6.45) is 1.28. The van der Waals surface area contributed by atoms with Crippen LogP contribution in [0.15, 0.2) is 0 Å². The van der Waals surface area contributed by atoms with Gasteiger partial charge in [-0.15, -0.1) is 0 Å². The summed E-state index contributed by atoms with van der Waals surface area (Å²) in [6.45, 7) is 8.05. The first kappa shape index (κ1) is 6.09. The van der Waals surface area contributed by atoms with Crippen LogP contribution in [-0.2, 0) is 0 Å². The number of hydrogen-bond acceptors (Lipinski definition) is 1. The molecule has 1 nitrogen and oxygen atoms in total. The van der Waals surface area contributed by atoms with Gasteiger partial charge < -0.3 is 5.32 Å². The van der Waals surface area contributed by atoms with E-state index in [0.717, 1.165) is 5.92 Å². The first-order chi connectivity index (χ1) is 3.71. The summed E-state index contributed by atoms with van der Waals surface area (Å²) in [4.78, 5) is 0. The zero-order valence-corrected chi connectivity index (χ0v) is 5.99. The van der Waals surface area contributed by atoms with Gasteiger partial charge in [-0.05, 0) is 12.3 Å². The van der Waals surface area contributed by atoms with Crippen molar-refractivity contribution in [2.45, 2.75) is 32.7 Å². The molecule has 0 amide bonds. The third-order valence-electron chi connectivity index (χ3n) is 2.37. The molecule has 1 rings (SSSR count). The van der Waals surface area contributed by atoms with Crippen molar-refractivity contribution in [3.63, 3.8) is 0 Å². The van der Waals surface area contributed by atoms with E-state index in [4.69, 9.17) is 0 Å². The molecule has 0 spiro atoms. The van der Waals surface area contributed by atoms with Gasteiger partial charge in [0.15, 0.2) is 0 Å². The van der Waals surface area contributed by atoms with E-state index in [1.807, 2.05) is 0 Å². The summed E-state index contributed by atoms with van der Waals surface area (Å²) in [6, 6.07) is 0. The summed E-state index contributed by atoms with van der Waals surface area (Å²) >= 11 is 0. The highest BCUT2D eigenvalue weighted by Gasteiger charge is 2.42. The Hall–Kier alpha value is -0.0400. The number of nitrogens with one attached hydrogen (secondary N) is 1. The predicted octanol–water partition coefficient (Wildman–Crippen LogP) is 1.39. The normalized spacial score (nSPS) is 36.0. The molecule has 1 saturated heterocycles. The summed E-state index contributed by atoms with van der Waals surface area (Å²) in [7, 11) is 0. The average Bonchev–Trinajstić information content (AvgIpc) is 2.44. The third kappa shape index (κ3) is 0.752. The fraction of sp³-hybridized carbons (Fsp3) is 1.00. The molecule has 1 fully saturated rings. The van der Waals surface area contributed by atoms with Crippen molar-refractivity contribution in [1.29, 1.82) is 0 Å². The zero-order chi connectivity index (χ0) is 6.20. The van der Waals surface area contributed by atoms with Crippen LogP contribution < -0.4 is 5.32 Å². The smallest absolute Gasteiger partial charge is 0.0327 e. The SMILES string of the molecule is CCC1(C(C)C)CN1. The van der Waals surface area contributed by atoms with Gasteiger partial charge in [-0.2, -0.15) is 0 Å². The second-order valence-electron chi connectivity index (χ2n) is 3.02. The molecule has 0 aromatic rings. The lowest BCUT2D eigenvalue weighted by Gasteiger charge is -2.13. The Morgan fingerprint density at radius 1 is 1.62 bits per heavy atom. The molecule has 0 bridgehead atoms. The summed E-state index contributed by atoms with van der Waals surface area (Å²) in [5.41, 5.74) is 0.542. The molecule has 0 aromatic carbocycles. The first-order valence-corrected chi connectivity index (χ1v) is 3.46. The maximum absolute atomic E-state index is 3.40. The minimum atomic E-state index is 0.542. The molecule has 1 aliphatic rings. The maximum Gasteiger partial charge on any atom is 0.0327 e. The fourth-order valence-corrected chi connectivity index (χ4v) is 1.18. The van der Waals surface area contributed by atoms with Crippen LogP contribution >= 0.6 is 0 Å². The Morgan fingerprint density at radius 3 is 2.12 bits per heavy atom. The molecule has 1 N–H and O–H groups in total. The van der Waals surface area contributed by atoms with Crippen molar-refractivity contribution >= 4 is 0 Å². The second-order valence-corrected chi connectivity index (χ2v) is 3.02. The zero-order valence-electron chi connectivity index (χ0n) is 5.99. The summed E-state index contributed by atoms with van der Waals surface area (Å²) < 4.78 is 0. The Labute approximate surface area is 51.5 Å². The fourth-order valence-electron chi connectivity index (χ4n) is 1.18. The molecule has 1 unspecified atom stereocenters. The second kappa shape index (κ2) is 1.73. The molecule has 0 radical (unpaired) electrons.